The van der Waals surface area contributed by atoms with Gasteiger partial charge in [-0.1, -0.05) is 35.4 Å². The molecule has 0 saturated heterocycles. The van der Waals surface area contributed by atoms with Crippen LogP contribution in [0.1, 0.15) is 31.2 Å². The van der Waals surface area contributed by atoms with Gasteiger partial charge in [0.15, 0.2) is 0 Å². The molecule has 0 spiro atoms. The monoisotopic (exact) mass is 388 g/mol. The molecule has 142 valence electrons. The van der Waals surface area contributed by atoms with Gasteiger partial charge < -0.3 is 9.40 Å². The van der Waals surface area contributed by atoms with Crippen LogP contribution in [0.2, 0.25) is 0 Å². The number of benzene rings is 2. The van der Waals surface area contributed by atoms with Crippen molar-refractivity contribution < 1.29 is 32.4 Å². The minimum absolute atomic E-state index is 0.0520. The van der Waals surface area contributed by atoms with E-state index in [-0.39, 0.29) is 21.7 Å². The van der Waals surface area contributed by atoms with E-state index in [4.69, 9.17) is 4.84 Å². The van der Waals surface area contributed by atoms with Crippen molar-refractivity contribution in [2.24, 2.45) is 0 Å². The Bertz CT molecular complexity index is 1100. The standard InChI is InChI=1S/C19H11F3N2O4/c20-19(21,22)10-23-14-8-4-1-5-11(14)9-15(23)18(27)28-24-16(25)12-6-2-3-7-13(12)17(24)26/h1-9H,10H2. The fourth-order valence-electron chi connectivity index (χ4n) is 3.11. The van der Waals surface area contributed by atoms with Crippen LogP contribution in [-0.4, -0.2) is 33.6 Å². The summed E-state index contributed by atoms with van der Waals surface area (Å²) < 4.78 is 39.8. The van der Waals surface area contributed by atoms with Gasteiger partial charge in [0, 0.05) is 10.9 Å². The lowest BCUT2D eigenvalue weighted by Crippen LogP contribution is -2.33. The molecule has 0 fully saturated rings. The van der Waals surface area contributed by atoms with Gasteiger partial charge in [0.1, 0.15) is 12.2 Å². The quantitative estimate of drug-likeness (QED) is 0.644. The van der Waals surface area contributed by atoms with Crippen LogP contribution < -0.4 is 0 Å². The Morgan fingerprint density at radius 1 is 0.929 bits per heavy atom. The third kappa shape index (κ3) is 2.90. The molecule has 2 aromatic carbocycles. The van der Waals surface area contributed by atoms with Crippen molar-refractivity contribution in [3.8, 4) is 0 Å². The number of alkyl halides is 3. The van der Waals surface area contributed by atoms with Crippen molar-refractivity contribution in [1.29, 1.82) is 0 Å². The summed E-state index contributed by atoms with van der Waals surface area (Å²) in [5.74, 6) is -2.95. The smallest absolute Gasteiger partial charge is 0.326 e. The van der Waals surface area contributed by atoms with Gasteiger partial charge in [0.2, 0.25) is 0 Å². The van der Waals surface area contributed by atoms with Gasteiger partial charge in [-0.3, -0.25) is 9.59 Å². The fraction of sp³-hybridized carbons (Fsp3) is 0.105. The molecule has 3 aromatic rings. The maximum Gasteiger partial charge on any atom is 0.406 e. The van der Waals surface area contributed by atoms with Crippen LogP contribution in [0.15, 0.2) is 54.6 Å². The maximum atomic E-state index is 13.0. The first kappa shape index (κ1) is 17.8. The SMILES string of the molecule is O=C(ON1C(=O)c2ccccc2C1=O)c1cc2ccccc2n1CC(F)(F)F. The topological polar surface area (TPSA) is 68.6 Å². The van der Waals surface area contributed by atoms with Gasteiger partial charge >= 0.3 is 12.1 Å². The van der Waals surface area contributed by atoms with Crippen molar-refractivity contribution in [2.45, 2.75) is 12.7 Å². The second kappa shape index (κ2) is 6.22. The Kier molecular flexibility index (Phi) is 3.95. The maximum absolute atomic E-state index is 13.0. The number of fused-ring (bicyclic) bond motifs is 2. The number of para-hydroxylation sites is 1. The van der Waals surface area contributed by atoms with Crippen molar-refractivity contribution in [3.05, 3.63) is 71.4 Å². The van der Waals surface area contributed by atoms with Gasteiger partial charge in [0.25, 0.3) is 11.8 Å². The van der Waals surface area contributed by atoms with Crippen molar-refractivity contribution in [3.63, 3.8) is 0 Å². The van der Waals surface area contributed by atoms with E-state index >= 15 is 0 Å². The molecule has 4 rings (SSSR count). The summed E-state index contributed by atoms with van der Waals surface area (Å²) in [5.41, 5.74) is -0.142. The first-order valence-electron chi connectivity index (χ1n) is 8.11. The molecule has 6 nitrogen and oxygen atoms in total. The van der Waals surface area contributed by atoms with Gasteiger partial charge in [-0.25, -0.2) is 4.79 Å². The van der Waals surface area contributed by atoms with E-state index in [2.05, 4.69) is 0 Å². The molecule has 0 unspecified atom stereocenters. The zero-order valence-corrected chi connectivity index (χ0v) is 14.1. The number of carbonyl (C=O) groups is 3. The Morgan fingerprint density at radius 3 is 2.11 bits per heavy atom. The van der Waals surface area contributed by atoms with E-state index in [1.807, 2.05) is 0 Å². The molecule has 28 heavy (non-hydrogen) atoms. The van der Waals surface area contributed by atoms with Crippen LogP contribution in [0.25, 0.3) is 10.9 Å². The number of amides is 2. The van der Waals surface area contributed by atoms with Crippen LogP contribution in [0, 0.1) is 0 Å². The largest absolute Gasteiger partial charge is 0.406 e. The summed E-state index contributed by atoms with van der Waals surface area (Å²) in [5, 5.41) is 0.656. The number of nitrogens with zero attached hydrogens (tertiary/aromatic N) is 2. The van der Waals surface area contributed by atoms with E-state index in [9.17, 15) is 27.6 Å². The summed E-state index contributed by atoms with van der Waals surface area (Å²) in [7, 11) is 0. The molecule has 2 amide bonds. The Morgan fingerprint density at radius 2 is 1.50 bits per heavy atom. The zero-order valence-electron chi connectivity index (χ0n) is 14.1. The Hall–Kier alpha value is -3.62. The molecule has 0 atom stereocenters. The van der Waals surface area contributed by atoms with Crippen LogP contribution in [-0.2, 0) is 11.4 Å². The molecular weight excluding hydrogens is 377 g/mol. The van der Waals surface area contributed by atoms with Crippen LogP contribution in [0.3, 0.4) is 0 Å². The predicted octanol–water partition coefficient (Wildman–Crippen LogP) is 3.57. The number of hydroxylamine groups is 2. The first-order chi connectivity index (χ1) is 13.3. The van der Waals surface area contributed by atoms with Gasteiger partial charge in [0.05, 0.1) is 11.1 Å². The third-order valence-electron chi connectivity index (χ3n) is 4.29. The number of halogens is 3. The molecule has 0 aliphatic carbocycles. The van der Waals surface area contributed by atoms with Gasteiger partial charge in [-0.2, -0.15) is 13.2 Å². The highest BCUT2D eigenvalue weighted by atomic mass is 19.4. The van der Waals surface area contributed by atoms with E-state index in [1.54, 1.807) is 12.1 Å². The van der Waals surface area contributed by atoms with Gasteiger partial charge in [-0.05, 0) is 24.3 Å². The fourth-order valence-corrected chi connectivity index (χ4v) is 3.11. The van der Waals surface area contributed by atoms with Crippen LogP contribution in [0.4, 0.5) is 13.2 Å². The number of hydrogen-bond acceptors (Lipinski definition) is 4. The van der Waals surface area contributed by atoms with E-state index in [0.29, 0.717) is 5.39 Å². The molecule has 0 N–H and O–H groups in total. The molecule has 0 radical (unpaired) electrons. The number of aromatic nitrogens is 1. The highest BCUT2D eigenvalue weighted by Gasteiger charge is 2.40. The second-order valence-corrected chi connectivity index (χ2v) is 6.12. The third-order valence-corrected chi connectivity index (χ3v) is 4.29. The number of carbonyl (C=O) groups excluding carboxylic acids is 3. The van der Waals surface area contributed by atoms with Gasteiger partial charge in [-0.15, -0.1) is 0 Å². The number of hydrogen-bond donors (Lipinski definition) is 0. The number of imide groups is 1. The number of rotatable bonds is 3. The van der Waals surface area contributed by atoms with Crippen LogP contribution >= 0.6 is 0 Å². The Balaban J connectivity index is 1.70. The molecular formula is C19H11F3N2O4. The van der Waals surface area contributed by atoms with E-state index in [0.717, 1.165) is 4.57 Å². The summed E-state index contributed by atoms with van der Waals surface area (Å²) in [6.45, 7) is -1.42. The summed E-state index contributed by atoms with van der Waals surface area (Å²) >= 11 is 0. The lowest BCUT2D eigenvalue weighted by molar-refractivity contribution is -0.140. The normalized spacial score (nSPS) is 13.9. The average molecular weight is 388 g/mol. The summed E-state index contributed by atoms with van der Waals surface area (Å²) in [4.78, 5) is 42.1. The molecule has 1 aliphatic heterocycles. The average Bonchev–Trinajstić information content (AvgIpc) is 3.12. The molecule has 2 heterocycles. The lowest BCUT2D eigenvalue weighted by Gasteiger charge is -2.15. The molecule has 0 saturated carbocycles. The van der Waals surface area contributed by atoms with Crippen molar-refractivity contribution in [1.82, 2.24) is 9.63 Å². The lowest BCUT2D eigenvalue weighted by atomic mass is 10.1. The second-order valence-electron chi connectivity index (χ2n) is 6.12. The first-order valence-corrected chi connectivity index (χ1v) is 8.11. The van der Waals surface area contributed by atoms with E-state index in [1.165, 1.54) is 42.5 Å². The highest BCUT2D eigenvalue weighted by molar-refractivity contribution is 6.21. The van der Waals surface area contributed by atoms with Crippen LogP contribution in [0.5, 0.6) is 0 Å². The highest BCUT2D eigenvalue weighted by Crippen LogP contribution is 2.28. The molecule has 1 aromatic heterocycles. The summed E-state index contributed by atoms with van der Waals surface area (Å²) in [6, 6.07) is 13.2. The molecule has 9 heteroatoms. The summed E-state index contributed by atoms with van der Waals surface area (Å²) in [6.07, 6.45) is -4.59. The minimum Gasteiger partial charge on any atom is -0.326 e. The molecule has 0 bridgehead atoms. The van der Waals surface area contributed by atoms with E-state index < -0.39 is 36.2 Å². The zero-order chi connectivity index (χ0) is 20.1. The predicted molar refractivity (Wildman–Crippen MR) is 90.4 cm³/mol. The molecule has 1 aliphatic rings. The minimum atomic E-state index is -4.59. The van der Waals surface area contributed by atoms with Crippen molar-refractivity contribution in [2.75, 3.05) is 0 Å². The van der Waals surface area contributed by atoms with Crippen molar-refractivity contribution >= 4 is 28.7 Å². The Labute approximate surface area is 155 Å².